The van der Waals surface area contributed by atoms with E-state index >= 15 is 0 Å². The Bertz CT molecular complexity index is 381. The number of anilines is 1. The van der Waals surface area contributed by atoms with E-state index in [0.717, 1.165) is 36.4 Å². The van der Waals surface area contributed by atoms with Crippen LogP contribution in [0.1, 0.15) is 25.7 Å². The van der Waals surface area contributed by atoms with E-state index in [2.05, 4.69) is 18.0 Å². The Morgan fingerprint density at radius 3 is 2.62 bits per heavy atom. The highest BCUT2D eigenvalue weighted by molar-refractivity contribution is 6.30. The molecular weight excluding hydrogens is 222 g/mol. The lowest BCUT2D eigenvalue weighted by Crippen LogP contribution is -2.35. The van der Waals surface area contributed by atoms with Crippen molar-refractivity contribution in [3.05, 3.63) is 29.3 Å². The van der Waals surface area contributed by atoms with Crippen LogP contribution in [0, 0.1) is 0 Å². The molecule has 1 aliphatic rings. The molecule has 16 heavy (non-hydrogen) atoms. The van der Waals surface area contributed by atoms with Crippen LogP contribution >= 0.6 is 11.6 Å². The van der Waals surface area contributed by atoms with Gasteiger partial charge in [-0.2, -0.15) is 0 Å². The fourth-order valence-corrected chi connectivity index (χ4v) is 2.40. The standard InChI is InChI=1S/C13H16ClNO/c1-15(11-5-7-13(16)8-6-11)12-4-2-3-10(14)9-12/h2-4,9,11H,5-8H2,1H3. The molecule has 1 aliphatic carbocycles. The topological polar surface area (TPSA) is 20.3 Å². The molecule has 1 saturated carbocycles. The largest absolute Gasteiger partial charge is 0.372 e. The summed E-state index contributed by atoms with van der Waals surface area (Å²) >= 11 is 5.97. The van der Waals surface area contributed by atoms with Gasteiger partial charge in [-0.15, -0.1) is 0 Å². The van der Waals surface area contributed by atoms with Crippen molar-refractivity contribution < 1.29 is 4.79 Å². The molecule has 1 fully saturated rings. The lowest BCUT2D eigenvalue weighted by molar-refractivity contribution is -0.120. The number of ketones is 1. The fourth-order valence-electron chi connectivity index (χ4n) is 2.22. The molecule has 2 rings (SSSR count). The maximum atomic E-state index is 11.2. The van der Waals surface area contributed by atoms with Gasteiger partial charge in [0, 0.05) is 36.6 Å². The van der Waals surface area contributed by atoms with Gasteiger partial charge in [-0.3, -0.25) is 4.79 Å². The smallest absolute Gasteiger partial charge is 0.133 e. The minimum absolute atomic E-state index is 0.399. The van der Waals surface area contributed by atoms with Crippen molar-refractivity contribution in [1.82, 2.24) is 0 Å². The fraction of sp³-hybridized carbons (Fsp3) is 0.462. The molecule has 0 saturated heterocycles. The summed E-state index contributed by atoms with van der Waals surface area (Å²) < 4.78 is 0. The highest BCUT2D eigenvalue weighted by atomic mass is 35.5. The van der Waals surface area contributed by atoms with E-state index in [4.69, 9.17) is 11.6 Å². The second kappa shape index (κ2) is 4.88. The molecule has 1 aromatic rings. The number of benzene rings is 1. The molecule has 86 valence electrons. The molecule has 0 radical (unpaired) electrons. The van der Waals surface area contributed by atoms with Crippen LogP contribution in [0.25, 0.3) is 0 Å². The molecule has 0 bridgehead atoms. The summed E-state index contributed by atoms with van der Waals surface area (Å²) in [5, 5.41) is 0.760. The average molecular weight is 238 g/mol. The van der Waals surface area contributed by atoms with Gasteiger partial charge in [-0.25, -0.2) is 0 Å². The maximum absolute atomic E-state index is 11.2. The summed E-state index contributed by atoms with van der Waals surface area (Å²) in [7, 11) is 2.08. The Kier molecular flexibility index (Phi) is 3.49. The molecule has 0 atom stereocenters. The van der Waals surface area contributed by atoms with Gasteiger partial charge >= 0.3 is 0 Å². The summed E-state index contributed by atoms with van der Waals surface area (Å²) in [4.78, 5) is 13.4. The van der Waals surface area contributed by atoms with Gasteiger partial charge < -0.3 is 4.90 Å². The van der Waals surface area contributed by atoms with E-state index in [1.165, 1.54) is 0 Å². The van der Waals surface area contributed by atoms with Crippen LogP contribution in [-0.4, -0.2) is 18.9 Å². The summed E-state index contributed by atoms with van der Waals surface area (Å²) in [5.41, 5.74) is 1.13. The minimum Gasteiger partial charge on any atom is -0.372 e. The monoisotopic (exact) mass is 237 g/mol. The van der Waals surface area contributed by atoms with E-state index in [0.29, 0.717) is 11.8 Å². The lowest BCUT2D eigenvalue weighted by Gasteiger charge is -2.32. The molecule has 0 aromatic heterocycles. The van der Waals surface area contributed by atoms with Crippen molar-refractivity contribution in [2.24, 2.45) is 0 Å². The molecule has 0 amide bonds. The molecule has 3 heteroatoms. The van der Waals surface area contributed by atoms with Crippen LogP contribution in [-0.2, 0) is 4.79 Å². The van der Waals surface area contributed by atoms with Crippen molar-refractivity contribution in [2.45, 2.75) is 31.7 Å². The zero-order valence-electron chi connectivity index (χ0n) is 9.45. The molecular formula is C13H16ClNO. The molecule has 0 spiro atoms. The van der Waals surface area contributed by atoms with E-state index in [1.807, 2.05) is 18.2 Å². The normalized spacial score (nSPS) is 17.5. The van der Waals surface area contributed by atoms with Crippen molar-refractivity contribution in [3.8, 4) is 0 Å². The third-order valence-electron chi connectivity index (χ3n) is 3.28. The van der Waals surface area contributed by atoms with Gasteiger partial charge in [0.25, 0.3) is 0 Å². The highest BCUT2D eigenvalue weighted by Crippen LogP contribution is 2.26. The number of carbonyl (C=O) groups excluding carboxylic acids is 1. The predicted octanol–water partition coefficient (Wildman–Crippen LogP) is 3.29. The van der Waals surface area contributed by atoms with Gasteiger partial charge in [-0.05, 0) is 31.0 Å². The number of rotatable bonds is 2. The van der Waals surface area contributed by atoms with Crippen LogP contribution in [0.4, 0.5) is 5.69 Å². The Balaban J connectivity index is 2.07. The number of hydrogen-bond acceptors (Lipinski definition) is 2. The zero-order chi connectivity index (χ0) is 11.5. The second-order valence-corrected chi connectivity index (χ2v) is 4.80. The number of Topliss-reactive ketones (excluding diaryl/α,β-unsaturated/α-hetero) is 1. The first kappa shape index (κ1) is 11.5. The van der Waals surface area contributed by atoms with Crippen LogP contribution in [0.5, 0.6) is 0 Å². The highest BCUT2D eigenvalue weighted by Gasteiger charge is 2.22. The average Bonchev–Trinajstić information content (AvgIpc) is 2.29. The molecule has 0 heterocycles. The SMILES string of the molecule is CN(c1cccc(Cl)c1)C1CCC(=O)CC1. The van der Waals surface area contributed by atoms with Crippen molar-refractivity contribution >= 4 is 23.1 Å². The van der Waals surface area contributed by atoms with Crippen molar-refractivity contribution in [2.75, 3.05) is 11.9 Å². The Hall–Kier alpha value is -1.02. The third-order valence-corrected chi connectivity index (χ3v) is 3.51. The number of carbonyl (C=O) groups is 1. The third kappa shape index (κ3) is 2.56. The van der Waals surface area contributed by atoms with Gasteiger partial charge in [0.1, 0.15) is 5.78 Å². The first-order valence-electron chi connectivity index (χ1n) is 5.67. The molecule has 0 unspecified atom stereocenters. The van der Waals surface area contributed by atoms with Crippen LogP contribution in [0.2, 0.25) is 5.02 Å². The summed E-state index contributed by atoms with van der Waals surface area (Å²) in [5.74, 6) is 0.399. The van der Waals surface area contributed by atoms with Crippen LogP contribution in [0.3, 0.4) is 0 Å². The Labute approximate surface area is 101 Å². The number of nitrogens with zero attached hydrogens (tertiary/aromatic N) is 1. The molecule has 0 aliphatic heterocycles. The van der Waals surface area contributed by atoms with E-state index < -0.39 is 0 Å². The molecule has 1 aromatic carbocycles. The number of halogens is 1. The Morgan fingerprint density at radius 2 is 2.00 bits per heavy atom. The molecule has 2 nitrogen and oxygen atoms in total. The van der Waals surface area contributed by atoms with Gasteiger partial charge in [0.2, 0.25) is 0 Å². The first-order valence-corrected chi connectivity index (χ1v) is 6.05. The van der Waals surface area contributed by atoms with Gasteiger partial charge in [0.05, 0.1) is 0 Å². The molecule has 0 N–H and O–H groups in total. The van der Waals surface area contributed by atoms with E-state index in [-0.39, 0.29) is 0 Å². The lowest BCUT2D eigenvalue weighted by atomic mass is 9.93. The first-order chi connectivity index (χ1) is 7.66. The van der Waals surface area contributed by atoms with Crippen molar-refractivity contribution in [3.63, 3.8) is 0 Å². The van der Waals surface area contributed by atoms with Crippen LogP contribution < -0.4 is 4.90 Å². The quantitative estimate of drug-likeness (QED) is 0.787. The minimum atomic E-state index is 0.399. The number of hydrogen-bond donors (Lipinski definition) is 0. The van der Waals surface area contributed by atoms with Gasteiger partial charge in [0.15, 0.2) is 0 Å². The van der Waals surface area contributed by atoms with Gasteiger partial charge in [-0.1, -0.05) is 17.7 Å². The predicted molar refractivity (Wildman–Crippen MR) is 67.1 cm³/mol. The summed E-state index contributed by atoms with van der Waals surface area (Å²) in [6.45, 7) is 0. The van der Waals surface area contributed by atoms with E-state index in [1.54, 1.807) is 0 Å². The zero-order valence-corrected chi connectivity index (χ0v) is 10.2. The second-order valence-electron chi connectivity index (χ2n) is 4.36. The van der Waals surface area contributed by atoms with Crippen LogP contribution in [0.15, 0.2) is 24.3 Å². The van der Waals surface area contributed by atoms with E-state index in [9.17, 15) is 4.79 Å². The maximum Gasteiger partial charge on any atom is 0.133 e. The van der Waals surface area contributed by atoms with Crippen molar-refractivity contribution in [1.29, 1.82) is 0 Å². The Morgan fingerprint density at radius 1 is 1.31 bits per heavy atom. The summed E-state index contributed by atoms with van der Waals surface area (Å²) in [6.07, 6.45) is 3.36. The summed E-state index contributed by atoms with van der Waals surface area (Å²) in [6, 6.07) is 8.34.